The molecule has 148 valence electrons. The first-order chi connectivity index (χ1) is 13.0. The summed E-state index contributed by atoms with van der Waals surface area (Å²) < 4.78 is 25.7. The molecular formula is C19H26FN3O4. The van der Waals surface area contributed by atoms with Gasteiger partial charge in [0.25, 0.3) is 0 Å². The third kappa shape index (κ3) is 5.09. The zero-order valence-corrected chi connectivity index (χ0v) is 15.6. The maximum atomic E-state index is 14.9. The van der Waals surface area contributed by atoms with Crippen LogP contribution >= 0.6 is 0 Å². The van der Waals surface area contributed by atoms with Crippen molar-refractivity contribution in [3.63, 3.8) is 0 Å². The van der Waals surface area contributed by atoms with E-state index in [0.717, 1.165) is 13.0 Å². The van der Waals surface area contributed by atoms with Gasteiger partial charge in [-0.05, 0) is 18.9 Å². The molecule has 2 saturated heterocycles. The zero-order valence-electron chi connectivity index (χ0n) is 15.6. The summed E-state index contributed by atoms with van der Waals surface area (Å²) in [5.74, 6) is -0.517. The summed E-state index contributed by atoms with van der Waals surface area (Å²) in [6.45, 7) is 4.81. The van der Waals surface area contributed by atoms with Crippen LogP contribution in [0.15, 0.2) is 35.4 Å². The molecule has 0 saturated carbocycles. The first-order valence-electron chi connectivity index (χ1n) is 9.38. The van der Waals surface area contributed by atoms with E-state index in [4.69, 9.17) is 9.47 Å². The molecule has 2 fully saturated rings. The molecule has 0 spiro atoms. The van der Waals surface area contributed by atoms with Crippen molar-refractivity contribution in [1.82, 2.24) is 15.1 Å². The molecule has 2 amide bonds. The van der Waals surface area contributed by atoms with Crippen molar-refractivity contribution in [2.75, 3.05) is 39.4 Å². The Balaban J connectivity index is 1.64. The molecule has 0 radical (unpaired) electrons. The van der Waals surface area contributed by atoms with Crippen LogP contribution in [-0.4, -0.2) is 67.3 Å². The molecule has 2 aliphatic heterocycles. The largest absolute Gasteiger partial charge is 0.444 e. The van der Waals surface area contributed by atoms with E-state index in [2.05, 4.69) is 5.32 Å². The van der Waals surface area contributed by atoms with Crippen LogP contribution in [-0.2, 0) is 14.3 Å². The van der Waals surface area contributed by atoms with Gasteiger partial charge < -0.3 is 19.7 Å². The van der Waals surface area contributed by atoms with Crippen molar-refractivity contribution in [1.29, 1.82) is 0 Å². The molecular weight excluding hydrogens is 353 g/mol. The summed E-state index contributed by atoms with van der Waals surface area (Å²) in [5, 5.41) is 2.65. The molecule has 1 aliphatic carbocycles. The summed E-state index contributed by atoms with van der Waals surface area (Å²) >= 11 is 0. The molecule has 0 aromatic carbocycles. The number of halogens is 1. The first-order valence-corrected chi connectivity index (χ1v) is 9.38. The highest BCUT2D eigenvalue weighted by Crippen LogP contribution is 2.27. The van der Waals surface area contributed by atoms with Crippen LogP contribution in [0, 0.1) is 0 Å². The molecule has 1 N–H and O–H groups in total. The Bertz CT molecular complexity index is 666. The van der Waals surface area contributed by atoms with Crippen molar-refractivity contribution < 1.29 is 23.5 Å². The van der Waals surface area contributed by atoms with Gasteiger partial charge in [-0.1, -0.05) is 12.2 Å². The van der Waals surface area contributed by atoms with Crippen LogP contribution in [0.5, 0.6) is 0 Å². The van der Waals surface area contributed by atoms with Crippen LogP contribution in [0.1, 0.15) is 26.2 Å². The van der Waals surface area contributed by atoms with Gasteiger partial charge in [-0.2, -0.15) is 0 Å². The number of carbonyl (C=O) groups is 2. The molecule has 1 atom stereocenters. The molecule has 2 heterocycles. The SMILES string of the molecule is CC(=O)NC[C@H]1CCN(C2=CCC=C(N3CCCOCC3)C(F)=C2)C(=O)O1. The highest BCUT2D eigenvalue weighted by molar-refractivity contribution is 5.73. The van der Waals surface area contributed by atoms with E-state index in [-0.39, 0.29) is 17.8 Å². The minimum Gasteiger partial charge on any atom is -0.444 e. The molecule has 8 heteroatoms. The quantitative estimate of drug-likeness (QED) is 0.810. The second-order valence-corrected chi connectivity index (χ2v) is 6.78. The third-order valence-corrected chi connectivity index (χ3v) is 4.77. The van der Waals surface area contributed by atoms with E-state index in [1.165, 1.54) is 17.9 Å². The lowest BCUT2D eigenvalue weighted by Crippen LogP contribution is -2.45. The number of nitrogens with zero attached hydrogens (tertiary/aromatic N) is 2. The second-order valence-electron chi connectivity index (χ2n) is 6.78. The highest BCUT2D eigenvalue weighted by atomic mass is 19.1. The third-order valence-electron chi connectivity index (χ3n) is 4.77. The lowest BCUT2D eigenvalue weighted by molar-refractivity contribution is -0.119. The van der Waals surface area contributed by atoms with Gasteiger partial charge in [-0.3, -0.25) is 9.69 Å². The fourth-order valence-corrected chi connectivity index (χ4v) is 3.37. The van der Waals surface area contributed by atoms with Crippen molar-refractivity contribution in [2.45, 2.75) is 32.3 Å². The summed E-state index contributed by atoms with van der Waals surface area (Å²) in [5.41, 5.74) is 1.06. The van der Waals surface area contributed by atoms with Gasteiger partial charge in [0.05, 0.1) is 18.8 Å². The standard InChI is InChI=1S/C19H26FN3O4/c1-14(24)21-13-16-6-8-23(19(25)27-16)15-4-2-5-18(17(20)12-15)22-7-3-10-26-11-9-22/h4-5,12,16H,2-3,6-11,13H2,1H3,(H,21,24)/t16-/m1/s1. The maximum absolute atomic E-state index is 14.9. The number of rotatable bonds is 4. The van der Waals surface area contributed by atoms with Gasteiger partial charge in [-0.25, -0.2) is 9.18 Å². The maximum Gasteiger partial charge on any atom is 0.414 e. The van der Waals surface area contributed by atoms with E-state index >= 15 is 0 Å². The van der Waals surface area contributed by atoms with Crippen molar-refractivity contribution in [3.05, 3.63) is 35.4 Å². The van der Waals surface area contributed by atoms with Crippen LogP contribution < -0.4 is 5.32 Å². The Hall–Kier alpha value is -2.35. The Morgan fingerprint density at radius 3 is 2.93 bits per heavy atom. The van der Waals surface area contributed by atoms with Crippen LogP contribution in [0.3, 0.4) is 0 Å². The Labute approximate surface area is 158 Å². The van der Waals surface area contributed by atoms with E-state index in [0.29, 0.717) is 57.1 Å². The molecule has 3 aliphatic rings. The van der Waals surface area contributed by atoms with Gasteiger partial charge >= 0.3 is 6.09 Å². The number of amides is 2. The lowest BCUT2D eigenvalue weighted by atomic mass is 10.2. The number of allylic oxidation sites excluding steroid dienone is 4. The number of carbonyl (C=O) groups excluding carboxylic acids is 2. The van der Waals surface area contributed by atoms with Gasteiger partial charge in [-0.15, -0.1) is 0 Å². The topological polar surface area (TPSA) is 71.1 Å². The Morgan fingerprint density at radius 2 is 2.15 bits per heavy atom. The number of hydrogen-bond donors (Lipinski definition) is 1. The number of hydrogen-bond acceptors (Lipinski definition) is 5. The average Bonchev–Trinajstić information content (AvgIpc) is 3.00. The van der Waals surface area contributed by atoms with Crippen LogP contribution in [0.25, 0.3) is 0 Å². The van der Waals surface area contributed by atoms with Crippen LogP contribution in [0.2, 0.25) is 0 Å². The second kappa shape index (κ2) is 9.03. The van der Waals surface area contributed by atoms with Crippen molar-refractivity contribution in [3.8, 4) is 0 Å². The summed E-state index contributed by atoms with van der Waals surface area (Å²) in [4.78, 5) is 26.8. The fourth-order valence-electron chi connectivity index (χ4n) is 3.37. The number of ether oxygens (including phenoxy) is 2. The molecule has 0 unspecified atom stereocenters. The zero-order chi connectivity index (χ0) is 19.2. The molecule has 3 rings (SSSR count). The summed E-state index contributed by atoms with van der Waals surface area (Å²) in [6.07, 6.45) is 6.17. The predicted octanol–water partition coefficient (Wildman–Crippen LogP) is 2.08. The first kappa shape index (κ1) is 19.4. The van der Waals surface area contributed by atoms with E-state index in [1.54, 1.807) is 0 Å². The normalized spacial score (nSPS) is 24.1. The molecule has 0 aromatic rings. The minimum absolute atomic E-state index is 0.164. The van der Waals surface area contributed by atoms with Crippen molar-refractivity contribution >= 4 is 12.0 Å². The van der Waals surface area contributed by atoms with E-state index < -0.39 is 6.09 Å². The summed E-state index contributed by atoms with van der Waals surface area (Å²) in [6, 6.07) is 0. The van der Waals surface area contributed by atoms with Crippen LogP contribution in [0.4, 0.5) is 9.18 Å². The van der Waals surface area contributed by atoms with E-state index in [9.17, 15) is 14.0 Å². The monoisotopic (exact) mass is 379 g/mol. The highest BCUT2D eigenvalue weighted by Gasteiger charge is 2.30. The summed E-state index contributed by atoms with van der Waals surface area (Å²) in [7, 11) is 0. The van der Waals surface area contributed by atoms with E-state index in [1.807, 2.05) is 17.1 Å². The molecule has 7 nitrogen and oxygen atoms in total. The van der Waals surface area contributed by atoms with Gasteiger partial charge in [0.2, 0.25) is 5.91 Å². The minimum atomic E-state index is -0.515. The predicted molar refractivity (Wildman–Crippen MR) is 97.3 cm³/mol. The number of cyclic esters (lactones) is 1. The Kier molecular flexibility index (Phi) is 6.49. The Morgan fingerprint density at radius 1 is 1.30 bits per heavy atom. The lowest BCUT2D eigenvalue weighted by Gasteiger charge is -2.32. The fraction of sp³-hybridized carbons (Fsp3) is 0.579. The number of nitrogens with one attached hydrogen (secondary N) is 1. The van der Waals surface area contributed by atoms with Gasteiger partial charge in [0.1, 0.15) is 11.9 Å². The molecule has 0 aromatic heterocycles. The van der Waals surface area contributed by atoms with Gasteiger partial charge in [0.15, 0.2) is 0 Å². The van der Waals surface area contributed by atoms with Crippen molar-refractivity contribution in [2.24, 2.45) is 0 Å². The average molecular weight is 379 g/mol. The molecule has 0 bridgehead atoms. The van der Waals surface area contributed by atoms with Gasteiger partial charge in [0, 0.05) is 45.3 Å². The molecule has 27 heavy (non-hydrogen) atoms. The smallest absolute Gasteiger partial charge is 0.414 e.